The second-order valence-electron chi connectivity index (χ2n) is 3.93. The Labute approximate surface area is 96.2 Å². The molecule has 0 aromatic carbocycles. The highest BCUT2D eigenvalue weighted by Gasteiger charge is 2.18. The quantitative estimate of drug-likeness (QED) is 0.629. The molecule has 94 valence electrons. The molecule has 1 amide bonds. The van der Waals surface area contributed by atoms with Crippen molar-refractivity contribution >= 4 is 11.9 Å². The smallest absolute Gasteiger partial charge is 0.306 e. The fourth-order valence-electron chi connectivity index (χ4n) is 0.951. The van der Waals surface area contributed by atoms with Gasteiger partial charge < -0.3 is 15.2 Å². The molecular formula is C11H21NO4. The molecule has 0 fully saturated rings. The maximum atomic E-state index is 11.3. The summed E-state index contributed by atoms with van der Waals surface area (Å²) < 4.78 is 4.69. The maximum Gasteiger partial charge on any atom is 0.306 e. The van der Waals surface area contributed by atoms with E-state index in [9.17, 15) is 14.7 Å². The Hall–Kier alpha value is -1.10. The molecule has 0 bridgehead atoms. The van der Waals surface area contributed by atoms with Crippen molar-refractivity contribution in [3.63, 3.8) is 0 Å². The highest BCUT2D eigenvalue weighted by Crippen LogP contribution is 2.06. The summed E-state index contributed by atoms with van der Waals surface area (Å²) in [5.41, 5.74) is -0.889. The molecule has 0 aliphatic rings. The van der Waals surface area contributed by atoms with Crippen molar-refractivity contribution in [2.45, 2.75) is 45.6 Å². The SMILES string of the molecule is CCOC(=O)CCC(=O)NCC(C)(O)CC. The zero-order chi connectivity index (χ0) is 12.6. The van der Waals surface area contributed by atoms with Crippen LogP contribution in [0.2, 0.25) is 0 Å². The first-order valence-corrected chi connectivity index (χ1v) is 5.56. The largest absolute Gasteiger partial charge is 0.466 e. The fourth-order valence-corrected chi connectivity index (χ4v) is 0.951. The van der Waals surface area contributed by atoms with Gasteiger partial charge in [0.1, 0.15) is 0 Å². The van der Waals surface area contributed by atoms with Crippen LogP contribution in [-0.4, -0.2) is 35.7 Å². The summed E-state index contributed by atoms with van der Waals surface area (Å²) in [6.45, 7) is 5.73. The molecule has 0 heterocycles. The summed E-state index contributed by atoms with van der Waals surface area (Å²) in [5.74, 6) is -0.623. The minimum absolute atomic E-state index is 0.0773. The molecule has 0 radical (unpaired) electrons. The van der Waals surface area contributed by atoms with E-state index in [0.29, 0.717) is 13.0 Å². The van der Waals surface area contributed by atoms with Gasteiger partial charge >= 0.3 is 5.97 Å². The Bertz CT molecular complexity index is 238. The molecule has 2 N–H and O–H groups in total. The molecule has 1 atom stereocenters. The van der Waals surface area contributed by atoms with E-state index in [0.717, 1.165) is 0 Å². The minimum atomic E-state index is -0.889. The molecule has 0 aliphatic carbocycles. The number of ether oxygens (including phenoxy) is 1. The van der Waals surface area contributed by atoms with Gasteiger partial charge in [0.25, 0.3) is 0 Å². The highest BCUT2D eigenvalue weighted by atomic mass is 16.5. The van der Waals surface area contributed by atoms with Crippen LogP contribution in [0.5, 0.6) is 0 Å². The summed E-state index contributed by atoms with van der Waals surface area (Å²) in [7, 11) is 0. The van der Waals surface area contributed by atoms with Crippen molar-refractivity contribution in [3.8, 4) is 0 Å². The summed E-state index contributed by atoms with van der Waals surface area (Å²) in [6.07, 6.45) is 0.734. The van der Waals surface area contributed by atoms with Crippen LogP contribution < -0.4 is 5.32 Å². The van der Waals surface area contributed by atoms with Crippen LogP contribution in [0.4, 0.5) is 0 Å². The van der Waals surface area contributed by atoms with Gasteiger partial charge in [0.05, 0.1) is 18.6 Å². The van der Waals surface area contributed by atoms with Crippen molar-refractivity contribution in [1.29, 1.82) is 0 Å². The van der Waals surface area contributed by atoms with E-state index >= 15 is 0 Å². The standard InChI is InChI=1S/C11H21NO4/c1-4-11(3,15)8-12-9(13)6-7-10(14)16-5-2/h15H,4-8H2,1-3H3,(H,12,13). The van der Waals surface area contributed by atoms with Crippen molar-refractivity contribution in [3.05, 3.63) is 0 Å². The van der Waals surface area contributed by atoms with Crippen LogP contribution >= 0.6 is 0 Å². The minimum Gasteiger partial charge on any atom is -0.466 e. The Morgan fingerprint density at radius 3 is 2.44 bits per heavy atom. The molecule has 0 saturated heterocycles. The zero-order valence-corrected chi connectivity index (χ0v) is 10.2. The van der Waals surface area contributed by atoms with Gasteiger partial charge in [0.2, 0.25) is 5.91 Å². The van der Waals surface area contributed by atoms with E-state index in [1.165, 1.54) is 0 Å². The van der Waals surface area contributed by atoms with E-state index in [1.54, 1.807) is 13.8 Å². The van der Waals surface area contributed by atoms with E-state index in [4.69, 9.17) is 4.74 Å². The third-order valence-electron chi connectivity index (χ3n) is 2.29. The van der Waals surface area contributed by atoms with Crippen LogP contribution in [0.1, 0.15) is 40.0 Å². The Morgan fingerprint density at radius 1 is 1.31 bits per heavy atom. The number of rotatable bonds is 7. The lowest BCUT2D eigenvalue weighted by Crippen LogP contribution is -2.40. The lowest BCUT2D eigenvalue weighted by atomic mass is 10.0. The molecule has 0 aromatic rings. The fraction of sp³-hybridized carbons (Fsp3) is 0.818. The molecule has 5 nitrogen and oxygen atoms in total. The zero-order valence-electron chi connectivity index (χ0n) is 10.2. The Morgan fingerprint density at radius 2 is 1.94 bits per heavy atom. The van der Waals surface area contributed by atoms with Crippen LogP contribution in [0.15, 0.2) is 0 Å². The van der Waals surface area contributed by atoms with Gasteiger partial charge in [0.15, 0.2) is 0 Å². The number of amides is 1. The normalized spacial score (nSPS) is 14.0. The number of carbonyl (C=O) groups is 2. The number of hydrogen-bond donors (Lipinski definition) is 2. The number of hydrogen-bond acceptors (Lipinski definition) is 4. The monoisotopic (exact) mass is 231 g/mol. The molecule has 0 aromatic heterocycles. The first kappa shape index (κ1) is 14.9. The summed E-state index contributed by atoms with van der Waals surface area (Å²) in [5, 5.41) is 12.2. The lowest BCUT2D eigenvalue weighted by Gasteiger charge is -2.21. The molecule has 0 spiro atoms. The van der Waals surface area contributed by atoms with Gasteiger partial charge in [-0.1, -0.05) is 6.92 Å². The van der Waals surface area contributed by atoms with Gasteiger partial charge in [-0.25, -0.2) is 0 Å². The van der Waals surface area contributed by atoms with E-state index < -0.39 is 5.60 Å². The van der Waals surface area contributed by atoms with E-state index in [1.807, 2.05) is 6.92 Å². The summed E-state index contributed by atoms with van der Waals surface area (Å²) >= 11 is 0. The highest BCUT2D eigenvalue weighted by molar-refractivity contribution is 5.81. The van der Waals surface area contributed by atoms with Crippen LogP contribution in [0.25, 0.3) is 0 Å². The number of carbonyl (C=O) groups excluding carboxylic acids is 2. The second-order valence-corrected chi connectivity index (χ2v) is 3.93. The number of aliphatic hydroxyl groups is 1. The summed E-state index contributed by atoms with van der Waals surface area (Å²) in [6, 6.07) is 0. The van der Waals surface area contributed by atoms with Crippen molar-refractivity contribution < 1.29 is 19.4 Å². The van der Waals surface area contributed by atoms with Crippen molar-refractivity contribution in [2.75, 3.05) is 13.2 Å². The molecule has 5 heteroatoms. The molecule has 16 heavy (non-hydrogen) atoms. The molecule has 0 aliphatic heterocycles. The van der Waals surface area contributed by atoms with Gasteiger partial charge in [-0.15, -0.1) is 0 Å². The maximum absolute atomic E-state index is 11.3. The lowest BCUT2D eigenvalue weighted by molar-refractivity contribution is -0.144. The summed E-state index contributed by atoms with van der Waals surface area (Å²) in [4.78, 5) is 22.2. The number of nitrogens with one attached hydrogen (secondary N) is 1. The molecule has 0 saturated carbocycles. The molecular weight excluding hydrogens is 210 g/mol. The van der Waals surface area contributed by atoms with Crippen LogP contribution in [0.3, 0.4) is 0 Å². The first-order valence-electron chi connectivity index (χ1n) is 5.56. The van der Waals surface area contributed by atoms with Gasteiger partial charge in [-0.05, 0) is 20.3 Å². The van der Waals surface area contributed by atoms with E-state index in [-0.39, 0.29) is 31.3 Å². The third-order valence-corrected chi connectivity index (χ3v) is 2.29. The van der Waals surface area contributed by atoms with Crippen molar-refractivity contribution in [2.24, 2.45) is 0 Å². The predicted octanol–water partition coefficient (Wildman–Crippen LogP) is 0.607. The average Bonchev–Trinajstić information content (AvgIpc) is 2.24. The first-order chi connectivity index (χ1) is 7.41. The van der Waals surface area contributed by atoms with Crippen LogP contribution in [0, 0.1) is 0 Å². The van der Waals surface area contributed by atoms with Gasteiger partial charge in [-0.3, -0.25) is 9.59 Å². The molecule has 0 rings (SSSR count). The van der Waals surface area contributed by atoms with Crippen molar-refractivity contribution in [1.82, 2.24) is 5.32 Å². The topological polar surface area (TPSA) is 75.6 Å². The average molecular weight is 231 g/mol. The van der Waals surface area contributed by atoms with Gasteiger partial charge in [0, 0.05) is 13.0 Å². The predicted molar refractivity (Wildman–Crippen MR) is 59.8 cm³/mol. The Balaban J connectivity index is 3.71. The van der Waals surface area contributed by atoms with Crippen LogP contribution in [-0.2, 0) is 14.3 Å². The van der Waals surface area contributed by atoms with E-state index in [2.05, 4.69) is 5.32 Å². The second kappa shape index (κ2) is 7.22. The van der Waals surface area contributed by atoms with Gasteiger partial charge in [-0.2, -0.15) is 0 Å². The molecule has 1 unspecified atom stereocenters. The third kappa shape index (κ3) is 7.23. The Kier molecular flexibility index (Phi) is 6.72. The number of esters is 1.